The standard InChI is InChI=1S/C9H4F3IN2O/c10-9(11,12)4-1-2-6-5(3-4)7(16)15-8(13)14-6/h1-3H,(H,14,15,16). The van der Waals surface area contributed by atoms with Gasteiger partial charge in [-0.2, -0.15) is 13.2 Å². The number of aromatic nitrogens is 2. The van der Waals surface area contributed by atoms with Gasteiger partial charge in [0, 0.05) is 0 Å². The summed E-state index contributed by atoms with van der Waals surface area (Å²) in [5, 5.41) is -0.0600. The second-order valence-corrected chi connectivity index (χ2v) is 4.11. The molecule has 0 atom stereocenters. The average Bonchev–Trinajstić information content (AvgIpc) is 2.15. The average molecular weight is 340 g/mol. The zero-order valence-electron chi connectivity index (χ0n) is 7.60. The van der Waals surface area contributed by atoms with Crippen LogP contribution in [0, 0.1) is 3.83 Å². The van der Waals surface area contributed by atoms with Crippen LogP contribution in [0.2, 0.25) is 0 Å². The van der Waals surface area contributed by atoms with Gasteiger partial charge in [0.15, 0.2) is 3.83 Å². The van der Waals surface area contributed by atoms with Crippen molar-refractivity contribution in [3.8, 4) is 0 Å². The second-order valence-electron chi connectivity index (χ2n) is 3.09. The lowest BCUT2D eigenvalue weighted by Gasteiger charge is -2.06. The Bertz CT molecular complexity index is 606. The highest BCUT2D eigenvalue weighted by Crippen LogP contribution is 2.30. The third-order valence-corrected chi connectivity index (χ3v) is 2.51. The molecular weight excluding hydrogens is 336 g/mol. The minimum atomic E-state index is -4.45. The molecule has 0 spiro atoms. The van der Waals surface area contributed by atoms with Crippen LogP contribution in [-0.2, 0) is 6.18 Å². The molecule has 16 heavy (non-hydrogen) atoms. The number of nitrogens with zero attached hydrogens (tertiary/aromatic N) is 1. The molecule has 0 aliphatic carbocycles. The van der Waals surface area contributed by atoms with Crippen LogP contribution in [0.15, 0.2) is 23.0 Å². The van der Waals surface area contributed by atoms with Crippen LogP contribution >= 0.6 is 22.6 Å². The third-order valence-electron chi connectivity index (χ3n) is 2.00. The maximum Gasteiger partial charge on any atom is 0.416 e. The minimum absolute atomic E-state index is 0.0600. The van der Waals surface area contributed by atoms with Crippen molar-refractivity contribution in [1.82, 2.24) is 9.97 Å². The highest BCUT2D eigenvalue weighted by molar-refractivity contribution is 14.1. The van der Waals surface area contributed by atoms with Crippen LogP contribution in [0.4, 0.5) is 13.2 Å². The Balaban J connectivity index is 2.77. The molecule has 3 nitrogen and oxygen atoms in total. The number of benzene rings is 1. The predicted molar refractivity (Wildman–Crippen MR) is 60.1 cm³/mol. The van der Waals surface area contributed by atoms with Gasteiger partial charge in [-0.3, -0.25) is 4.79 Å². The van der Waals surface area contributed by atoms with Gasteiger partial charge < -0.3 is 4.98 Å². The van der Waals surface area contributed by atoms with Gasteiger partial charge in [0.05, 0.1) is 16.5 Å². The summed E-state index contributed by atoms with van der Waals surface area (Å²) >= 11 is 1.79. The highest BCUT2D eigenvalue weighted by atomic mass is 127. The first-order chi connectivity index (χ1) is 7.38. The Morgan fingerprint density at radius 1 is 1.31 bits per heavy atom. The summed E-state index contributed by atoms with van der Waals surface area (Å²) in [6, 6.07) is 2.90. The first kappa shape index (κ1) is 11.4. The van der Waals surface area contributed by atoms with Crippen LogP contribution in [0.3, 0.4) is 0 Å². The van der Waals surface area contributed by atoms with Gasteiger partial charge in [0.1, 0.15) is 0 Å². The fourth-order valence-electron chi connectivity index (χ4n) is 1.29. The molecule has 1 aromatic heterocycles. The first-order valence-corrected chi connectivity index (χ1v) is 5.22. The molecule has 1 heterocycles. The molecule has 7 heteroatoms. The van der Waals surface area contributed by atoms with E-state index in [4.69, 9.17) is 0 Å². The smallest absolute Gasteiger partial charge is 0.301 e. The van der Waals surface area contributed by atoms with E-state index >= 15 is 0 Å². The number of aromatic amines is 1. The van der Waals surface area contributed by atoms with E-state index in [0.29, 0.717) is 3.83 Å². The molecule has 0 amide bonds. The van der Waals surface area contributed by atoms with Crippen LogP contribution in [0.25, 0.3) is 10.9 Å². The monoisotopic (exact) mass is 340 g/mol. The summed E-state index contributed by atoms with van der Waals surface area (Å²) in [5.74, 6) is 0. The van der Waals surface area contributed by atoms with Gasteiger partial charge in [-0.15, -0.1) is 0 Å². The van der Waals surface area contributed by atoms with Crippen molar-refractivity contribution in [2.24, 2.45) is 0 Å². The van der Waals surface area contributed by atoms with E-state index in [1.165, 1.54) is 6.07 Å². The molecular formula is C9H4F3IN2O. The largest absolute Gasteiger partial charge is 0.416 e. The van der Waals surface area contributed by atoms with Gasteiger partial charge >= 0.3 is 6.18 Å². The van der Waals surface area contributed by atoms with Crippen LogP contribution in [-0.4, -0.2) is 9.97 Å². The lowest BCUT2D eigenvalue weighted by Crippen LogP contribution is -2.12. The Labute approximate surface area is 101 Å². The number of hydrogen-bond acceptors (Lipinski definition) is 2. The number of H-pyrrole nitrogens is 1. The molecule has 0 saturated heterocycles. The molecule has 0 bridgehead atoms. The second kappa shape index (κ2) is 3.72. The first-order valence-electron chi connectivity index (χ1n) is 4.15. The van der Waals surface area contributed by atoms with Crippen molar-refractivity contribution in [2.45, 2.75) is 6.18 Å². The number of alkyl halides is 3. The summed E-state index contributed by atoms with van der Waals surface area (Å²) in [4.78, 5) is 17.7. The molecule has 84 valence electrons. The molecule has 0 radical (unpaired) electrons. The van der Waals surface area contributed by atoms with Crippen LogP contribution in [0.5, 0.6) is 0 Å². The van der Waals surface area contributed by atoms with E-state index in [2.05, 4.69) is 9.97 Å². The van der Waals surface area contributed by atoms with Crippen molar-refractivity contribution in [3.05, 3.63) is 37.9 Å². The normalized spacial score (nSPS) is 12.0. The van der Waals surface area contributed by atoms with E-state index in [9.17, 15) is 18.0 Å². The number of halogens is 4. The summed E-state index contributed by atoms with van der Waals surface area (Å²) in [6.45, 7) is 0. The van der Waals surface area contributed by atoms with E-state index in [1.807, 2.05) is 0 Å². The van der Waals surface area contributed by atoms with Crippen molar-refractivity contribution in [3.63, 3.8) is 0 Å². The molecule has 0 saturated carbocycles. The Morgan fingerprint density at radius 3 is 2.62 bits per heavy atom. The molecule has 1 aromatic carbocycles. The summed E-state index contributed by atoms with van der Waals surface area (Å²) in [5.41, 5.74) is -1.17. The van der Waals surface area contributed by atoms with Gasteiger partial charge in [0.2, 0.25) is 0 Å². The Morgan fingerprint density at radius 2 is 2.00 bits per heavy atom. The topological polar surface area (TPSA) is 45.8 Å². The van der Waals surface area contributed by atoms with Gasteiger partial charge in [-0.1, -0.05) is 0 Å². The Hall–Kier alpha value is -1.12. The third kappa shape index (κ3) is 2.04. The summed E-state index contributed by atoms with van der Waals surface area (Å²) in [7, 11) is 0. The van der Waals surface area contributed by atoms with Crippen molar-refractivity contribution in [1.29, 1.82) is 0 Å². The predicted octanol–water partition coefficient (Wildman–Crippen LogP) is 2.55. The SMILES string of the molecule is O=c1[nH]c(I)nc2ccc(C(F)(F)F)cc12. The van der Waals surface area contributed by atoms with Gasteiger partial charge in [0.25, 0.3) is 5.56 Å². The highest BCUT2D eigenvalue weighted by Gasteiger charge is 2.30. The molecule has 0 unspecified atom stereocenters. The van der Waals surface area contributed by atoms with Crippen molar-refractivity contribution in [2.75, 3.05) is 0 Å². The lowest BCUT2D eigenvalue weighted by molar-refractivity contribution is -0.137. The fraction of sp³-hybridized carbons (Fsp3) is 0.111. The summed E-state index contributed by atoms with van der Waals surface area (Å²) in [6.07, 6.45) is -4.45. The number of fused-ring (bicyclic) bond motifs is 1. The number of nitrogens with one attached hydrogen (secondary N) is 1. The number of hydrogen-bond donors (Lipinski definition) is 1. The van der Waals surface area contributed by atoms with Crippen molar-refractivity contribution < 1.29 is 13.2 Å². The quantitative estimate of drug-likeness (QED) is 0.592. The molecule has 2 rings (SSSR count). The zero-order chi connectivity index (χ0) is 11.9. The van der Waals surface area contributed by atoms with Gasteiger partial charge in [-0.05, 0) is 40.8 Å². The molecule has 0 aliphatic heterocycles. The molecule has 1 N–H and O–H groups in total. The lowest BCUT2D eigenvalue weighted by atomic mass is 10.1. The summed E-state index contributed by atoms with van der Waals surface area (Å²) < 4.78 is 37.5. The number of rotatable bonds is 0. The maximum atomic E-state index is 12.4. The van der Waals surface area contributed by atoms with E-state index in [0.717, 1.165) is 12.1 Å². The molecule has 0 aliphatic rings. The zero-order valence-corrected chi connectivity index (χ0v) is 9.76. The van der Waals surface area contributed by atoms with E-state index < -0.39 is 17.3 Å². The molecule has 0 fully saturated rings. The van der Waals surface area contributed by atoms with E-state index in [-0.39, 0.29) is 10.9 Å². The molecule has 2 aromatic rings. The Kier molecular flexibility index (Phi) is 2.64. The van der Waals surface area contributed by atoms with Gasteiger partial charge in [-0.25, -0.2) is 4.98 Å². The van der Waals surface area contributed by atoms with E-state index in [1.54, 1.807) is 22.6 Å². The minimum Gasteiger partial charge on any atom is -0.301 e. The van der Waals surface area contributed by atoms with Crippen LogP contribution in [0.1, 0.15) is 5.56 Å². The van der Waals surface area contributed by atoms with Crippen molar-refractivity contribution >= 4 is 33.5 Å². The fourth-order valence-corrected chi connectivity index (χ4v) is 1.79. The van der Waals surface area contributed by atoms with Crippen LogP contribution < -0.4 is 5.56 Å². The maximum absolute atomic E-state index is 12.4.